The normalized spacial score (nSPS) is 34.8. The molecule has 0 bridgehead atoms. The lowest BCUT2D eigenvalue weighted by molar-refractivity contribution is -0.225. The maximum absolute atomic E-state index is 5.53. The van der Waals surface area contributed by atoms with E-state index in [9.17, 15) is 0 Å². The molecule has 2 heteroatoms. The van der Waals surface area contributed by atoms with Crippen LogP contribution in [-0.2, 0) is 9.47 Å². The van der Waals surface area contributed by atoms with Gasteiger partial charge in [0.05, 0.1) is 12.7 Å². The molecule has 2 nitrogen and oxygen atoms in total. The first-order valence-corrected chi connectivity index (χ1v) is 3.97. The highest BCUT2D eigenvalue weighted by atomic mass is 16.7. The molecule has 1 saturated heterocycles. The van der Waals surface area contributed by atoms with E-state index in [-0.39, 0.29) is 6.29 Å². The highest BCUT2D eigenvalue weighted by molar-refractivity contribution is 4.61. The summed E-state index contributed by atoms with van der Waals surface area (Å²) in [6.07, 6.45) is 1.44. The van der Waals surface area contributed by atoms with Crippen LogP contribution in [0.1, 0.15) is 27.2 Å². The van der Waals surface area contributed by atoms with Crippen LogP contribution in [0.5, 0.6) is 0 Å². The molecule has 1 rings (SSSR count). The first kappa shape index (κ1) is 8.02. The van der Waals surface area contributed by atoms with Gasteiger partial charge in [0.15, 0.2) is 6.29 Å². The van der Waals surface area contributed by atoms with Crippen LogP contribution in [-0.4, -0.2) is 19.0 Å². The number of hydrogen-bond donors (Lipinski definition) is 0. The summed E-state index contributed by atoms with van der Waals surface area (Å²) >= 11 is 0. The quantitative estimate of drug-likeness (QED) is 0.558. The summed E-state index contributed by atoms with van der Waals surface area (Å²) in [5.41, 5.74) is 0. The van der Waals surface area contributed by atoms with E-state index in [4.69, 9.17) is 9.47 Å². The number of rotatable bonds is 1. The summed E-state index contributed by atoms with van der Waals surface area (Å²) < 4.78 is 10.9. The van der Waals surface area contributed by atoms with Gasteiger partial charge in [0.25, 0.3) is 0 Å². The molecule has 1 aliphatic rings. The zero-order valence-corrected chi connectivity index (χ0v) is 6.96. The van der Waals surface area contributed by atoms with Crippen LogP contribution in [0, 0.1) is 5.92 Å². The lowest BCUT2D eigenvalue weighted by atomic mass is 10.2. The van der Waals surface area contributed by atoms with Crippen LogP contribution in [0.25, 0.3) is 0 Å². The molecule has 1 fully saturated rings. The Labute approximate surface area is 62.5 Å². The zero-order valence-electron chi connectivity index (χ0n) is 6.96. The van der Waals surface area contributed by atoms with E-state index in [0.29, 0.717) is 12.0 Å². The standard InChI is InChI=1S/C8H16O2/c1-6(2)8-9-5-4-7(3)10-8/h6-8H,4-5H2,1-3H3/t7-,8-/m1/s1. The van der Waals surface area contributed by atoms with Crippen molar-refractivity contribution in [3.05, 3.63) is 0 Å². The van der Waals surface area contributed by atoms with E-state index < -0.39 is 0 Å². The lowest BCUT2D eigenvalue weighted by Crippen LogP contribution is -2.33. The molecular weight excluding hydrogens is 128 g/mol. The van der Waals surface area contributed by atoms with E-state index in [0.717, 1.165) is 13.0 Å². The molecule has 1 heterocycles. The van der Waals surface area contributed by atoms with Crippen molar-refractivity contribution in [2.45, 2.75) is 39.6 Å². The second-order valence-electron chi connectivity index (χ2n) is 3.22. The molecule has 1 aliphatic heterocycles. The fraction of sp³-hybridized carbons (Fsp3) is 1.00. The minimum atomic E-state index is 0.0312. The fourth-order valence-corrected chi connectivity index (χ4v) is 1.04. The van der Waals surface area contributed by atoms with Crippen LogP contribution in [0.4, 0.5) is 0 Å². The Bertz CT molecular complexity index is 101. The average molecular weight is 144 g/mol. The van der Waals surface area contributed by atoms with Crippen molar-refractivity contribution in [1.82, 2.24) is 0 Å². The van der Waals surface area contributed by atoms with Gasteiger partial charge in [0.1, 0.15) is 0 Å². The second kappa shape index (κ2) is 3.35. The summed E-state index contributed by atoms with van der Waals surface area (Å²) in [7, 11) is 0. The minimum Gasteiger partial charge on any atom is -0.352 e. The van der Waals surface area contributed by atoms with Gasteiger partial charge in [0, 0.05) is 5.92 Å². The van der Waals surface area contributed by atoms with Crippen molar-refractivity contribution in [2.24, 2.45) is 5.92 Å². The third-order valence-electron chi connectivity index (χ3n) is 1.72. The summed E-state index contributed by atoms with van der Waals surface area (Å²) in [6, 6.07) is 0. The molecule has 10 heavy (non-hydrogen) atoms. The SMILES string of the molecule is CC(C)[C@@H]1OCC[C@@H](C)O1. The molecular formula is C8H16O2. The predicted molar refractivity (Wildman–Crippen MR) is 39.7 cm³/mol. The lowest BCUT2D eigenvalue weighted by Gasteiger charge is -2.30. The Morgan fingerprint density at radius 2 is 2.10 bits per heavy atom. The van der Waals surface area contributed by atoms with E-state index >= 15 is 0 Å². The van der Waals surface area contributed by atoms with E-state index in [2.05, 4.69) is 20.8 Å². The molecule has 0 N–H and O–H groups in total. The molecule has 0 amide bonds. The molecule has 0 saturated carbocycles. The first-order valence-electron chi connectivity index (χ1n) is 3.97. The van der Waals surface area contributed by atoms with Crippen molar-refractivity contribution >= 4 is 0 Å². The van der Waals surface area contributed by atoms with Crippen molar-refractivity contribution in [3.63, 3.8) is 0 Å². The van der Waals surface area contributed by atoms with Crippen LogP contribution < -0.4 is 0 Å². The Balaban J connectivity index is 2.32. The van der Waals surface area contributed by atoms with Crippen molar-refractivity contribution in [2.75, 3.05) is 6.61 Å². The summed E-state index contributed by atoms with van der Waals surface area (Å²) in [5.74, 6) is 0.475. The molecule has 0 aliphatic carbocycles. The number of ether oxygens (including phenoxy) is 2. The van der Waals surface area contributed by atoms with Gasteiger partial charge in [-0.1, -0.05) is 13.8 Å². The van der Waals surface area contributed by atoms with Crippen molar-refractivity contribution in [1.29, 1.82) is 0 Å². The van der Waals surface area contributed by atoms with Crippen LogP contribution in [0.15, 0.2) is 0 Å². The van der Waals surface area contributed by atoms with Gasteiger partial charge in [-0.3, -0.25) is 0 Å². The fourth-order valence-electron chi connectivity index (χ4n) is 1.04. The highest BCUT2D eigenvalue weighted by Crippen LogP contribution is 2.17. The van der Waals surface area contributed by atoms with Gasteiger partial charge in [-0.25, -0.2) is 0 Å². The Kier molecular flexibility index (Phi) is 2.69. The van der Waals surface area contributed by atoms with E-state index in [1.807, 2.05) is 0 Å². The van der Waals surface area contributed by atoms with Gasteiger partial charge in [-0.2, -0.15) is 0 Å². The van der Waals surface area contributed by atoms with Crippen LogP contribution in [0.3, 0.4) is 0 Å². The Hall–Kier alpha value is -0.0800. The molecule has 0 aromatic carbocycles. The second-order valence-corrected chi connectivity index (χ2v) is 3.22. The maximum atomic E-state index is 5.53. The van der Waals surface area contributed by atoms with E-state index in [1.165, 1.54) is 0 Å². The molecule has 2 atom stereocenters. The topological polar surface area (TPSA) is 18.5 Å². The first-order chi connectivity index (χ1) is 4.70. The van der Waals surface area contributed by atoms with Gasteiger partial charge in [-0.15, -0.1) is 0 Å². The predicted octanol–water partition coefficient (Wildman–Crippen LogP) is 1.79. The third kappa shape index (κ3) is 1.96. The Morgan fingerprint density at radius 1 is 1.40 bits per heavy atom. The van der Waals surface area contributed by atoms with Crippen molar-refractivity contribution in [3.8, 4) is 0 Å². The highest BCUT2D eigenvalue weighted by Gasteiger charge is 2.21. The third-order valence-corrected chi connectivity index (χ3v) is 1.72. The molecule has 60 valence electrons. The summed E-state index contributed by atoms with van der Waals surface area (Å²) in [4.78, 5) is 0. The van der Waals surface area contributed by atoms with E-state index in [1.54, 1.807) is 0 Å². The monoisotopic (exact) mass is 144 g/mol. The summed E-state index contributed by atoms with van der Waals surface area (Å²) in [5, 5.41) is 0. The molecule has 0 radical (unpaired) electrons. The van der Waals surface area contributed by atoms with Crippen molar-refractivity contribution < 1.29 is 9.47 Å². The average Bonchev–Trinajstić information content (AvgIpc) is 1.88. The van der Waals surface area contributed by atoms with Crippen LogP contribution >= 0.6 is 0 Å². The molecule has 0 spiro atoms. The minimum absolute atomic E-state index is 0.0312. The van der Waals surface area contributed by atoms with Gasteiger partial charge in [0.2, 0.25) is 0 Å². The largest absolute Gasteiger partial charge is 0.352 e. The zero-order chi connectivity index (χ0) is 7.56. The van der Waals surface area contributed by atoms with Gasteiger partial charge < -0.3 is 9.47 Å². The maximum Gasteiger partial charge on any atom is 0.160 e. The van der Waals surface area contributed by atoms with Gasteiger partial charge in [-0.05, 0) is 13.3 Å². The van der Waals surface area contributed by atoms with Crippen LogP contribution in [0.2, 0.25) is 0 Å². The van der Waals surface area contributed by atoms with Gasteiger partial charge >= 0.3 is 0 Å². The summed E-state index contributed by atoms with van der Waals surface area (Å²) in [6.45, 7) is 7.17. The number of hydrogen-bond acceptors (Lipinski definition) is 2. The molecule has 0 aromatic rings. The smallest absolute Gasteiger partial charge is 0.160 e. The molecule has 0 aromatic heterocycles. The Morgan fingerprint density at radius 3 is 2.50 bits per heavy atom. The molecule has 0 unspecified atom stereocenters.